The first-order valence-electron chi connectivity index (χ1n) is 5.01. The van der Waals surface area contributed by atoms with Gasteiger partial charge in [-0.05, 0) is 19.1 Å². The van der Waals surface area contributed by atoms with Crippen LogP contribution in [0.2, 0.25) is 0 Å². The van der Waals surface area contributed by atoms with Gasteiger partial charge in [0.15, 0.2) is 0 Å². The lowest BCUT2D eigenvalue weighted by molar-refractivity contribution is 0.498. The topological polar surface area (TPSA) is 77.1 Å². The summed E-state index contributed by atoms with van der Waals surface area (Å²) in [5, 5.41) is 3.90. The first kappa shape index (κ1) is 11.9. The summed E-state index contributed by atoms with van der Waals surface area (Å²) in [6.07, 6.45) is 2.83. The highest BCUT2D eigenvalue weighted by atomic mass is 32.2. The molecule has 0 aliphatic rings. The lowest BCUT2D eigenvalue weighted by Crippen LogP contribution is -2.23. The minimum atomic E-state index is -3.54. The van der Waals surface area contributed by atoms with Gasteiger partial charge in [0.1, 0.15) is 10.7 Å². The molecule has 17 heavy (non-hydrogen) atoms. The molecule has 6 nitrogen and oxygen atoms in total. The first-order chi connectivity index (χ1) is 8.00. The van der Waals surface area contributed by atoms with E-state index in [1.165, 1.54) is 17.1 Å². The van der Waals surface area contributed by atoms with Crippen LogP contribution < -0.4 is 4.72 Å². The molecule has 0 spiro atoms. The van der Waals surface area contributed by atoms with Crippen molar-refractivity contribution in [1.29, 1.82) is 0 Å². The maximum atomic E-state index is 12.0. The second kappa shape index (κ2) is 4.34. The predicted octanol–water partition coefficient (Wildman–Crippen LogP) is 0.800. The van der Waals surface area contributed by atoms with Gasteiger partial charge in [0.25, 0.3) is 0 Å². The summed E-state index contributed by atoms with van der Waals surface area (Å²) in [7, 11) is -1.84. The molecule has 0 bridgehead atoms. The molecule has 7 heteroatoms. The Bertz CT molecular complexity index is 599. The molecule has 0 radical (unpaired) electrons. The van der Waals surface area contributed by atoms with Gasteiger partial charge in [-0.1, -0.05) is 0 Å². The zero-order valence-corrected chi connectivity index (χ0v) is 10.4. The van der Waals surface area contributed by atoms with E-state index in [9.17, 15) is 8.42 Å². The average molecular weight is 255 g/mol. The molecule has 92 valence electrons. The Morgan fingerprint density at radius 2 is 2.29 bits per heavy atom. The van der Waals surface area contributed by atoms with E-state index in [4.69, 9.17) is 4.42 Å². The molecule has 0 saturated carbocycles. The number of hydrogen-bond donors (Lipinski definition) is 1. The van der Waals surface area contributed by atoms with Gasteiger partial charge in [0, 0.05) is 7.05 Å². The molecule has 2 aromatic rings. The molecule has 0 aliphatic heterocycles. The van der Waals surface area contributed by atoms with Gasteiger partial charge in [0.2, 0.25) is 10.0 Å². The molecular weight excluding hydrogens is 242 g/mol. The minimum absolute atomic E-state index is 0.129. The van der Waals surface area contributed by atoms with Crippen molar-refractivity contribution < 1.29 is 12.8 Å². The maximum absolute atomic E-state index is 12.0. The molecule has 0 atom stereocenters. The van der Waals surface area contributed by atoms with Crippen LogP contribution in [0.5, 0.6) is 0 Å². The van der Waals surface area contributed by atoms with Gasteiger partial charge in [-0.2, -0.15) is 5.10 Å². The first-order valence-corrected chi connectivity index (χ1v) is 6.49. The zero-order valence-electron chi connectivity index (χ0n) is 9.54. The molecular formula is C10H13N3O3S. The number of nitrogens with one attached hydrogen (secondary N) is 1. The smallest absolute Gasteiger partial charge is 0.244 e. The highest BCUT2D eigenvalue weighted by Gasteiger charge is 2.19. The molecule has 0 aliphatic carbocycles. The molecule has 2 heterocycles. The molecule has 2 rings (SSSR count). The lowest BCUT2D eigenvalue weighted by Gasteiger charge is -2.04. The molecule has 2 aromatic heterocycles. The molecule has 0 amide bonds. The van der Waals surface area contributed by atoms with Gasteiger partial charge in [-0.15, -0.1) is 0 Å². The van der Waals surface area contributed by atoms with Crippen LogP contribution in [0.1, 0.15) is 11.5 Å². The third kappa shape index (κ3) is 2.40. The largest absolute Gasteiger partial charge is 0.468 e. The van der Waals surface area contributed by atoms with Gasteiger partial charge in [-0.25, -0.2) is 13.1 Å². The van der Waals surface area contributed by atoms with Gasteiger partial charge in [-0.3, -0.25) is 4.68 Å². The summed E-state index contributed by atoms with van der Waals surface area (Å²) >= 11 is 0. The number of aryl methyl sites for hydroxylation is 1. The predicted molar refractivity (Wildman–Crippen MR) is 60.7 cm³/mol. The Labute approximate surface area is 99.3 Å². The zero-order chi connectivity index (χ0) is 12.5. The fourth-order valence-electron chi connectivity index (χ4n) is 1.40. The van der Waals surface area contributed by atoms with Gasteiger partial charge < -0.3 is 4.42 Å². The van der Waals surface area contributed by atoms with Crippen LogP contribution in [0.25, 0.3) is 0 Å². The molecule has 0 unspecified atom stereocenters. The van der Waals surface area contributed by atoms with Crippen molar-refractivity contribution in [3.63, 3.8) is 0 Å². The van der Waals surface area contributed by atoms with E-state index in [2.05, 4.69) is 9.82 Å². The minimum Gasteiger partial charge on any atom is -0.468 e. The van der Waals surface area contributed by atoms with Crippen LogP contribution >= 0.6 is 0 Å². The molecule has 1 N–H and O–H groups in total. The van der Waals surface area contributed by atoms with Crippen LogP contribution in [0.15, 0.2) is 33.9 Å². The fraction of sp³-hybridized carbons (Fsp3) is 0.300. The number of aromatic nitrogens is 2. The second-order valence-electron chi connectivity index (χ2n) is 3.62. The number of rotatable bonds is 4. The van der Waals surface area contributed by atoms with Crippen molar-refractivity contribution in [2.45, 2.75) is 18.4 Å². The number of hydrogen-bond acceptors (Lipinski definition) is 4. The molecule has 0 fully saturated rings. The van der Waals surface area contributed by atoms with E-state index >= 15 is 0 Å². The Morgan fingerprint density at radius 1 is 1.53 bits per heavy atom. The van der Waals surface area contributed by atoms with Crippen LogP contribution in [0.4, 0.5) is 0 Å². The van der Waals surface area contributed by atoms with Crippen molar-refractivity contribution in [2.24, 2.45) is 7.05 Å². The van der Waals surface area contributed by atoms with Crippen LogP contribution in [0.3, 0.4) is 0 Å². The summed E-state index contributed by atoms with van der Waals surface area (Å²) in [4.78, 5) is 0.187. The van der Waals surface area contributed by atoms with E-state index in [-0.39, 0.29) is 11.4 Å². The van der Waals surface area contributed by atoms with E-state index in [1.807, 2.05) is 0 Å². The average Bonchev–Trinajstić information content (AvgIpc) is 2.88. The Balaban J connectivity index is 2.17. The van der Waals surface area contributed by atoms with Crippen molar-refractivity contribution in [3.05, 3.63) is 36.0 Å². The van der Waals surface area contributed by atoms with E-state index in [0.29, 0.717) is 11.5 Å². The van der Waals surface area contributed by atoms with E-state index in [1.54, 1.807) is 26.1 Å². The van der Waals surface area contributed by atoms with E-state index < -0.39 is 10.0 Å². The molecule has 0 saturated heterocycles. The highest BCUT2D eigenvalue weighted by Crippen LogP contribution is 2.13. The standard InChI is InChI=1S/C10H13N3O3S/c1-8-10(7-11-13(8)2)17(14,15)12-6-9-4-3-5-16-9/h3-5,7,12H,6H2,1-2H3. The number of nitrogens with zero attached hydrogens (tertiary/aromatic N) is 2. The summed E-state index contributed by atoms with van der Waals surface area (Å²) in [5.41, 5.74) is 0.594. The third-order valence-electron chi connectivity index (χ3n) is 2.50. The normalized spacial score (nSPS) is 11.9. The van der Waals surface area contributed by atoms with Gasteiger partial charge in [0.05, 0.1) is 24.7 Å². The van der Waals surface area contributed by atoms with Gasteiger partial charge >= 0.3 is 0 Å². The van der Waals surface area contributed by atoms with Crippen molar-refractivity contribution in [2.75, 3.05) is 0 Å². The lowest BCUT2D eigenvalue weighted by atomic mass is 10.5. The monoisotopic (exact) mass is 255 g/mol. The summed E-state index contributed by atoms with van der Waals surface area (Å²) in [6.45, 7) is 1.83. The fourth-order valence-corrected chi connectivity index (χ4v) is 2.59. The van der Waals surface area contributed by atoms with Crippen LogP contribution in [-0.2, 0) is 23.6 Å². The third-order valence-corrected chi connectivity index (χ3v) is 4.00. The Hall–Kier alpha value is -1.60. The second-order valence-corrected chi connectivity index (χ2v) is 5.36. The van der Waals surface area contributed by atoms with E-state index in [0.717, 1.165) is 0 Å². The SMILES string of the molecule is Cc1c(S(=O)(=O)NCc2ccco2)cnn1C. The summed E-state index contributed by atoms with van der Waals surface area (Å²) in [6, 6.07) is 3.41. The Kier molecular flexibility index (Phi) is 3.03. The van der Waals surface area contributed by atoms with Crippen LogP contribution in [-0.4, -0.2) is 18.2 Å². The van der Waals surface area contributed by atoms with Crippen LogP contribution in [0, 0.1) is 6.92 Å². The summed E-state index contributed by atoms with van der Waals surface area (Å²) in [5.74, 6) is 0.565. The number of furan rings is 1. The Morgan fingerprint density at radius 3 is 2.82 bits per heavy atom. The highest BCUT2D eigenvalue weighted by molar-refractivity contribution is 7.89. The summed E-state index contributed by atoms with van der Waals surface area (Å²) < 4.78 is 32.9. The van der Waals surface area contributed by atoms with Crippen molar-refractivity contribution in [3.8, 4) is 0 Å². The maximum Gasteiger partial charge on any atom is 0.244 e. The van der Waals surface area contributed by atoms with Crippen molar-refractivity contribution in [1.82, 2.24) is 14.5 Å². The number of sulfonamides is 1. The van der Waals surface area contributed by atoms with Crippen molar-refractivity contribution >= 4 is 10.0 Å². The quantitative estimate of drug-likeness (QED) is 0.876. The molecule has 0 aromatic carbocycles.